The highest BCUT2D eigenvalue weighted by molar-refractivity contribution is 5.92. The van der Waals surface area contributed by atoms with Crippen LogP contribution in [0.15, 0.2) is 36.7 Å². The van der Waals surface area contributed by atoms with Crippen LogP contribution in [0.5, 0.6) is 0 Å². The molecule has 0 radical (unpaired) electrons. The summed E-state index contributed by atoms with van der Waals surface area (Å²) in [6, 6.07) is 6.40. The number of carbonyl (C=O) groups excluding carboxylic acids is 1. The van der Waals surface area contributed by atoms with Gasteiger partial charge in [-0.25, -0.2) is 14.8 Å². The van der Waals surface area contributed by atoms with Gasteiger partial charge in [0.2, 0.25) is 5.91 Å². The molecule has 3 aromatic rings. The number of hydrogen-bond acceptors (Lipinski definition) is 6. The molecule has 5 N–H and O–H groups in total. The molecule has 3 rings (SSSR count). The number of halogens is 1. The second-order valence-corrected chi connectivity index (χ2v) is 5.97. The van der Waals surface area contributed by atoms with Crippen LogP contribution >= 0.6 is 0 Å². The molecule has 0 spiro atoms. The topological polar surface area (TPSA) is 115 Å². The number of nitrogens with two attached hydrogens (primary N) is 2. The molecule has 0 bridgehead atoms. The van der Waals surface area contributed by atoms with Gasteiger partial charge in [-0.05, 0) is 31.2 Å². The number of amides is 1. The lowest BCUT2D eigenvalue weighted by Gasteiger charge is -2.28. The van der Waals surface area contributed by atoms with Crippen molar-refractivity contribution in [3.8, 4) is 0 Å². The predicted molar refractivity (Wildman–Crippen MR) is 97.2 cm³/mol. The largest absolute Gasteiger partial charge is 0.366 e. The van der Waals surface area contributed by atoms with Crippen LogP contribution in [-0.4, -0.2) is 33.3 Å². The zero-order valence-electron chi connectivity index (χ0n) is 14.5. The molecule has 136 valence electrons. The van der Waals surface area contributed by atoms with Crippen molar-refractivity contribution in [2.24, 2.45) is 18.5 Å². The van der Waals surface area contributed by atoms with Gasteiger partial charge in [-0.3, -0.25) is 14.5 Å². The number of aryl methyl sites for hydroxylation is 1. The molecular weight excluding hydrogens is 337 g/mol. The Morgan fingerprint density at radius 2 is 2.12 bits per heavy atom. The first-order valence-electron chi connectivity index (χ1n) is 8.04. The summed E-state index contributed by atoms with van der Waals surface area (Å²) in [7, 11) is 1.75. The van der Waals surface area contributed by atoms with Crippen LogP contribution < -0.4 is 21.9 Å². The van der Waals surface area contributed by atoms with E-state index in [0.717, 1.165) is 0 Å². The lowest BCUT2D eigenvalue weighted by molar-refractivity contribution is 0.1000. The van der Waals surface area contributed by atoms with Gasteiger partial charge in [0, 0.05) is 25.8 Å². The van der Waals surface area contributed by atoms with Crippen molar-refractivity contribution in [1.82, 2.24) is 20.2 Å². The summed E-state index contributed by atoms with van der Waals surface area (Å²) >= 11 is 0. The molecule has 0 aliphatic rings. The van der Waals surface area contributed by atoms with Crippen LogP contribution in [0.25, 0.3) is 10.9 Å². The first-order valence-corrected chi connectivity index (χ1v) is 8.04. The molecule has 1 amide bonds. The zero-order chi connectivity index (χ0) is 18.8. The predicted octanol–water partition coefficient (Wildman–Crippen LogP) is 1.20. The molecule has 0 aliphatic heterocycles. The third kappa shape index (κ3) is 3.22. The Morgan fingerprint density at radius 1 is 1.35 bits per heavy atom. The average Bonchev–Trinajstić information content (AvgIpc) is 3.02. The van der Waals surface area contributed by atoms with Crippen molar-refractivity contribution < 1.29 is 9.18 Å². The maximum Gasteiger partial charge on any atom is 0.250 e. The van der Waals surface area contributed by atoms with E-state index in [-0.39, 0.29) is 17.3 Å². The van der Waals surface area contributed by atoms with Gasteiger partial charge in [0.1, 0.15) is 5.82 Å². The molecule has 0 saturated heterocycles. The van der Waals surface area contributed by atoms with Crippen molar-refractivity contribution in [2.75, 3.05) is 11.6 Å². The fourth-order valence-corrected chi connectivity index (χ4v) is 2.55. The van der Waals surface area contributed by atoms with E-state index in [1.54, 1.807) is 29.9 Å². The van der Waals surface area contributed by atoms with Crippen LogP contribution in [-0.2, 0) is 7.05 Å². The molecule has 1 aromatic carbocycles. The van der Waals surface area contributed by atoms with E-state index in [9.17, 15) is 4.79 Å². The molecule has 9 heteroatoms. The van der Waals surface area contributed by atoms with Crippen molar-refractivity contribution in [3.05, 3.63) is 48.0 Å². The van der Waals surface area contributed by atoms with Gasteiger partial charge < -0.3 is 11.5 Å². The monoisotopic (exact) mass is 357 g/mol. The van der Waals surface area contributed by atoms with Crippen molar-refractivity contribution in [3.63, 3.8) is 0 Å². The number of aromatic nitrogens is 3. The lowest BCUT2D eigenvalue weighted by Crippen LogP contribution is -2.44. The maximum absolute atomic E-state index is 15.1. The number of benzene rings is 1. The van der Waals surface area contributed by atoms with E-state index >= 15 is 4.39 Å². The van der Waals surface area contributed by atoms with E-state index in [1.165, 1.54) is 23.5 Å². The Bertz CT molecular complexity index is 938. The van der Waals surface area contributed by atoms with Gasteiger partial charge in [-0.1, -0.05) is 0 Å². The number of nitrogens with zero attached hydrogens (tertiary/aromatic N) is 4. The van der Waals surface area contributed by atoms with Crippen LogP contribution in [0.3, 0.4) is 0 Å². The van der Waals surface area contributed by atoms with Gasteiger partial charge in [0.05, 0.1) is 28.4 Å². The molecule has 2 aromatic heterocycles. The van der Waals surface area contributed by atoms with E-state index in [2.05, 4.69) is 15.5 Å². The lowest BCUT2D eigenvalue weighted by atomic mass is 10.2. The summed E-state index contributed by atoms with van der Waals surface area (Å²) in [6.45, 7) is 2.21. The Hall–Kier alpha value is -3.04. The van der Waals surface area contributed by atoms with Crippen molar-refractivity contribution in [1.29, 1.82) is 0 Å². The summed E-state index contributed by atoms with van der Waals surface area (Å²) in [5, 5.41) is 5.99. The average molecular weight is 357 g/mol. The first-order chi connectivity index (χ1) is 12.4. The number of rotatable bonds is 6. The molecule has 26 heavy (non-hydrogen) atoms. The van der Waals surface area contributed by atoms with Gasteiger partial charge in [-0.2, -0.15) is 5.10 Å². The van der Waals surface area contributed by atoms with Crippen LogP contribution in [0, 0.1) is 5.82 Å². The first kappa shape index (κ1) is 17.8. The van der Waals surface area contributed by atoms with E-state index in [0.29, 0.717) is 23.3 Å². The Morgan fingerprint density at radius 3 is 2.73 bits per heavy atom. The Balaban J connectivity index is 2.09. The second-order valence-electron chi connectivity index (χ2n) is 5.97. The third-order valence-corrected chi connectivity index (χ3v) is 4.05. The van der Waals surface area contributed by atoms with Crippen LogP contribution in [0.2, 0.25) is 0 Å². The van der Waals surface area contributed by atoms with E-state index < -0.39 is 11.7 Å². The van der Waals surface area contributed by atoms with E-state index in [4.69, 9.17) is 11.5 Å². The molecule has 0 unspecified atom stereocenters. The SMILES string of the molecule is C[C@H](CN)NN(c1ccc(C(N)=O)cn1)c1ccc2c(cnn2C)c1F. The Kier molecular flexibility index (Phi) is 4.83. The highest BCUT2D eigenvalue weighted by atomic mass is 19.1. The number of fused-ring (bicyclic) bond motifs is 1. The standard InChI is InChI=1S/C17H20FN7O/c1-10(7-19)23-25(15-6-3-11(8-21-15)17(20)26)14-5-4-13-12(16(14)18)9-22-24(13)2/h3-6,8-10,23H,7,19H2,1-2H3,(H2,20,26)/t10-/m1/s1. The van der Waals surface area contributed by atoms with Crippen LogP contribution in [0.4, 0.5) is 15.9 Å². The van der Waals surface area contributed by atoms with Crippen molar-refractivity contribution >= 4 is 28.3 Å². The maximum atomic E-state index is 15.1. The number of pyridine rings is 1. The highest BCUT2D eigenvalue weighted by Gasteiger charge is 2.20. The Labute approximate surface area is 149 Å². The number of carbonyl (C=O) groups is 1. The molecule has 1 atom stereocenters. The minimum absolute atomic E-state index is 0.142. The van der Waals surface area contributed by atoms with E-state index in [1.807, 2.05) is 6.92 Å². The summed E-state index contributed by atoms with van der Waals surface area (Å²) in [6.07, 6.45) is 2.82. The fraction of sp³-hybridized carbons (Fsp3) is 0.235. The molecule has 0 saturated carbocycles. The number of anilines is 2. The number of hydrazine groups is 1. The molecule has 0 fully saturated rings. The van der Waals surface area contributed by atoms with Gasteiger partial charge in [-0.15, -0.1) is 0 Å². The normalized spacial score (nSPS) is 12.3. The molecular formula is C17H20FN7O. The van der Waals surface area contributed by atoms with Crippen molar-refractivity contribution in [2.45, 2.75) is 13.0 Å². The summed E-state index contributed by atoms with van der Waals surface area (Å²) < 4.78 is 16.7. The fourth-order valence-electron chi connectivity index (χ4n) is 2.55. The van der Waals surface area contributed by atoms with Crippen LogP contribution in [0.1, 0.15) is 17.3 Å². The molecule has 0 aliphatic carbocycles. The summed E-state index contributed by atoms with van der Waals surface area (Å²) in [5.41, 5.74) is 15.3. The minimum atomic E-state index is -0.582. The third-order valence-electron chi connectivity index (χ3n) is 4.05. The zero-order valence-corrected chi connectivity index (χ0v) is 14.5. The number of hydrogen-bond donors (Lipinski definition) is 3. The second kappa shape index (κ2) is 7.06. The minimum Gasteiger partial charge on any atom is -0.366 e. The summed E-state index contributed by atoms with van der Waals surface area (Å²) in [4.78, 5) is 15.5. The molecule has 8 nitrogen and oxygen atoms in total. The van der Waals surface area contributed by atoms with Gasteiger partial charge in [0.25, 0.3) is 0 Å². The summed E-state index contributed by atoms with van der Waals surface area (Å²) in [5.74, 6) is -0.618. The van der Waals surface area contributed by atoms with Gasteiger partial charge >= 0.3 is 0 Å². The quantitative estimate of drug-likeness (QED) is 0.571. The smallest absolute Gasteiger partial charge is 0.250 e. The highest BCUT2D eigenvalue weighted by Crippen LogP contribution is 2.30. The van der Waals surface area contributed by atoms with Gasteiger partial charge in [0.15, 0.2) is 5.82 Å². The number of primary amides is 1. The number of nitrogens with one attached hydrogen (secondary N) is 1. The molecule has 2 heterocycles.